The summed E-state index contributed by atoms with van der Waals surface area (Å²) in [6.45, 7) is 4.37. The second kappa shape index (κ2) is 10.9. The van der Waals surface area contributed by atoms with Gasteiger partial charge in [-0.05, 0) is 68.5 Å². The first kappa shape index (κ1) is 23.3. The van der Waals surface area contributed by atoms with E-state index in [1.165, 1.54) is 5.56 Å². The van der Waals surface area contributed by atoms with Crippen LogP contribution >= 0.6 is 11.6 Å². The molecule has 2 amide bonds. The molecule has 0 bridgehead atoms. The van der Waals surface area contributed by atoms with Crippen molar-refractivity contribution in [3.8, 4) is 0 Å². The van der Waals surface area contributed by atoms with Crippen LogP contribution in [0.2, 0.25) is 5.02 Å². The van der Waals surface area contributed by atoms with Crippen LogP contribution in [0.3, 0.4) is 0 Å². The number of piperidine rings is 1. The van der Waals surface area contributed by atoms with Gasteiger partial charge in [-0.1, -0.05) is 54.1 Å². The predicted octanol–water partition coefficient (Wildman–Crippen LogP) is 4.47. The lowest BCUT2D eigenvalue weighted by Gasteiger charge is -2.35. The summed E-state index contributed by atoms with van der Waals surface area (Å²) in [4.78, 5) is 27.8. The quantitative estimate of drug-likeness (QED) is 0.589. The summed E-state index contributed by atoms with van der Waals surface area (Å²) in [6, 6.07) is 16.8. The Morgan fingerprint density at radius 1 is 1.12 bits per heavy atom. The lowest BCUT2D eigenvalue weighted by molar-refractivity contribution is -0.139. The number of likely N-dealkylation sites (tertiary alicyclic amines) is 1. The van der Waals surface area contributed by atoms with Gasteiger partial charge in [0.2, 0.25) is 0 Å². The van der Waals surface area contributed by atoms with E-state index < -0.39 is 12.0 Å². The maximum absolute atomic E-state index is 13.0. The topological polar surface area (TPSA) is 70.7 Å². The molecule has 2 aromatic carbocycles. The van der Waals surface area contributed by atoms with Crippen LogP contribution < -0.4 is 10.6 Å². The number of urea groups is 1. The first-order chi connectivity index (χ1) is 16.0. The van der Waals surface area contributed by atoms with Crippen molar-refractivity contribution in [1.82, 2.24) is 15.5 Å². The van der Waals surface area contributed by atoms with Crippen molar-refractivity contribution >= 4 is 23.6 Å². The first-order valence-corrected chi connectivity index (χ1v) is 11.9. The summed E-state index contributed by atoms with van der Waals surface area (Å²) >= 11 is 6.18. The van der Waals surface area contributed by atoms with Crippen LogP contribution in [0.4, 0.5) is 4.79 Å². The molecule has 0 spiro atoms. The van der Waals surface area contributed by atoms with Crippen molar-refractivity contribution in [3.63, 3.8) is 0 Å². The van der Waals surface area contributed by atoms with E-state index in [2.05, 4.69) is 39.8 Å². The minimum Gasteiger partial charge on any atom is -0.463 e. The van der Waals surface area contributed by atoms with E-state index in [-0.39, 0.29) is 12.6 Å². The zero-order chi connectivity index (χ0) is 23.2. The second-order valence-electron chi connectivity index (χ2n) is 8.61. The number of nitrogens with zero attached hydrogens (tertiary/aromatic N) is 1. The number of carbonyl (C=O) groups is 2. The molecule has 6 nitrogen and oxygen atoms in total. The van der Waals surface area contributed by atoms with Crippen molar-refractivity contribution in [2.24, 2.45) is 5.92 Å². The maximum Gasteiger partial charge on any atom is 0.338 e. The summed E-state index contributed by atoms with van der Waals surface area (Å²) in [7, 11) is 0. The normalized spacial score (nSPS) is 19.7. The lowest BCUT2D eigenvalue weighted by atomic mass is 9.89. The van der Waals surface area contributed by atoms with Gasteiger partial charge in [-0.3, -0.25) is 4.90 Å². The highest BCUT2D eigenvalue weighted by Gasteiger charge is 2.34. The van der Waals surface area contributed by atoms with Gasteiger partial charge in [-0.25, -0.2) is 9.59 Å². The fraction of sp³-hybridized carbons (Fsp3) is 0.385. The van der Waals surface area contributed by atoms with Crippen molar-refractivity contribution < 1.29 is 14.3 Å². The van der Waals surface area contributed by atoms with Gasteiger partial charge in [0.05, 0.1) is 18.2 Å². The van der Waals surface area contributed by atoms with Gasteiger partial charge in [0.25, 0.3) is 0 Å². The van der Waals surface area contributed by atoms with Crippen molar-refractivity contribution in [3.05, 3.63) is 82.0 Å². The standard InChI is InChI=1S/C26H30ClN3O3/c1-2-33-25(31)23-22(28-26(32)29-24(23)20-9-6-10-21(27)16-20)17-30-13-11-19(12-14-30)15-18-7-4-3-5-8-18/h3-10,16,19,24H,2,11-15,17H2,1H3,(H2,28,29,32)/t24-/m1/s1. The number of hydrogen-bond acceptors (Lipinski definition) is 4. The number of carbonyl (C=O) groups excluding carboxylic acids is 2. The van der Waals surface area contributed by atoms with Gasteiger partial charge in [0, 0.05) is 17.3 Å². The van der Waals surface area contributed by atoms with Crippen LogP contribution in [-0.4, -0.2) is 43.1 Å². The molecule has 4 rings (SSSR count). The SMILES string of the molecule is CCOC(=O)C1=C(CN2CCC(Cc3ccccc3)CC2)NC(=O)N[C@@H]1c1cccc(Cl)c1. The molecular formula is C26H30ClN3O3. The molecule has 0 aliphatic carbocycles. The number of halogens is 1. The summed E-state index contributed by atoms with van der Waals surface area (Å²) < 4.78 is 5.36. The molecule has 2 N–H and O–H groups in total. The number of amides is 2. The Kier molecular flexibility index (Phi) is 7.68. The molecule has 2 heterocycles. The predicted molar refractivity (Wildman–Crippen MR) is 129 cm³/mol. The Balaban J connectivity index is 1.51. The van der Waals surface area contributed by atoms with E-state index in [9.17, 15) is 9.59 Å². The Morgan fingerprint density at radius 2 is 1.88 bits per heavy atom. The highest BCUT2D eigenvalue weighted by molar-refractivity contribution is 6.30. The monoisotopic (exact) mass is 467 g/mol. The van der Waals surface area contributed by atoms with Crippen LogP contribution in [0.1, 0.15) is 36.9 Å². The highest BCUT2D eigenvalue weighted by atomic mass is 35.5. The zero-order valence-electron chi connectivity index (χ0n) is 18.9. The largest absolute Gasteiger partial charge is 0.463 e. The number of ether oxygens (including phenoxy) is 1. The molecule has 0 saturated carbocycles. The fourth-order valence-electron chi connectivity index (χ4n) is 4.65. The second-order valence-corrected chi connectivity index (χ2v) is 9.04. The van der Waals surface area contributed by atoms with E-state index >= 15 is 0 Å². The Bertz CT molecular complexity index is 1020. The van der Waals surface area contributed by atoms with E-state index in [1.807, 2.05) is 18.2 Å². The molecule has 1 fully saturated rings. The minimum atomic E-state index is -0.609. The summed E-state index contributed by atoms with van der Waals surface area (Å²) in [5.41, 5.74) is 3.16. The third kappa shape index (κ3) is 5.95. The summed E-state index contributed by atoms with van der Waals surface area (Å²) in [5.74, 6) is 0.216. The van der Waals surface area contributed by atoms with E-state index in [0.29, 0.717) is 28.8 Å². The van der Waals surface area contributed by atoms with Crippen LogP contribution in [0.25, 0.3) is 0 Å². The van der Waals surface area contributed by atoms with Gasteiger partial charge in [-0.15, -0.1) is 0 Å². The number of nitrogens with one attached hydrogen (secondary N) is 2. The first-order valence-electron chi connectivity index (χ1n) is 11.5. The Morgan fingerprint density at radius 3 is 2.58 bits per heavy atom. The average molecular weight is 468 g/mol. The molecule has 33 heavy (non-hydrogen) atoms. The molecule has 1 saturated heterocycles. The van der Waals surface area contributed by atoms with E-state index in [4.69, 9.17) is 16.3 Å². The van der Waals surface area contributed by atoms with Crippen LogP contribution in [0.15, 0.2) is 65.9 Å². The smallest absolute Gasteiger partial charge is 0.338 e. The van der Waals surface area contributed by atoms with Crippen molar-refractivity contribution in [2.45, 2.75) is 32.2 Å². The van der Waals surface area contributed by atoms with Crippen LogP contribution in [0.5, 0.6) is 0 Å². The number of benzene rings is 2. The fourth-order valence-corrected chi connectivity index (χ4v) is 4.85. The third-order valence-corrected chi connectivity index (χ3v) is 6.52. The van der Waals surface area contributed by atoms with E-state index in [0.717, 1.165) is 37.9 Å². The molecule has 2 aromatic rings. The number of rotatable bonds is 7. The van der Waals surface area contributed by atoms with E-state index in [1.54, 1.807) is 19.1 Å². The maximum atomic E-state index is 13.0. The van der Waals surface area contributed by atoms with Crippen molar-refractivity contribution in [2.75, 3.05) is 26.2 Å². The molecule has 1 atom stereocenters. The zero-order valence-corrected chi connectivity index (χ0v) is 19.6. The molecule has 2 aliphatic heterocycles. The van der Waals surface area contributed by atoms with Gasteiger partial charge >= 0.3 is 12.0 Å². The molecular weight excluding hydrogens is 438 g/mol. The minimum absolute atomic E-state index is 0.261. The average Bonchev–Trinajstić information content (AvgIpc) is 2.81. The van der Waals surface area contributed by atoms with Crippen LogP contribution in [0, 0.1) is 5.92 Å². The summed E-state index contributed by atoms with van der Waals surface area (Å²) in [5, 5.41) is 6.28. The Labute approximate surface area is 199 Å². The number of hydrogen-bond donors (Lipinski definition) is 2. The van der Waals surface area contributed by atoms with Gasteiger partial charge in [0.1, 0.15) is 0 Å². The molecule has 7 heteroatoms. The van der Waals surface area contributed by atoms with Gasteiger partial charge < -0.3 is 15.4 Å². The highest BCUT2D eigenvalue weighted by Crippen LogP contribution is 2.30. The van der Waals surface area contributed by atoms with Crippen LogP contribution in [-0.2, 0) is 16.0 Å². The van der Waals surface area contributed by atoms with Gasteiger partial charge in [-0.2, -0.15) is 0 Å². The number of esters is 1. The van der Waals surface area contributed by atoms with Crippen molar-refractivity contribution in [1.29, 1.82) is 0 Å². The molecule has 0 unspecified atom stereocenters. The van der Waals surface area contributed by atoms with Gasteiger partial charge in [0.15, 0.2) is 0 Å². The molecule has 0 radical (unpaired) electrons. The third-order valence-electron chi connectivity index (χ3n) is 6.29. The molecule has 2 aliphatic rings. The molecule has 0 aromatic heterocycles. The molecule has 174 valence electrons. The lowest BCUT2D eigenvalue weighted by Crippen LogP contribution is -2.49. The Hall–Kier alpha value is -2.83. The summed E-state index contributed by atoms with van der Waals surface area (Å²) in [6.07, 6.45) is 3.25.